The van der Waals surface area contributed by atoms with Gasteiger partial charge < -0.3 is 15.0 Å². The zero-order valence-corrected chi connectivity index (χ0v) is 13.6. The Bertz CT molecular complexity index is 741. The van der Waals surface area contributed by atoms with Crippen LogP contribution in [0.3, 0.4) is 0 Å². The highest BCUT2D eigenvalue weighted by atomic mass is 35.5. The average Bonchev–Trinajstić information content (AvgIpc) is 2.83. The molecule has 0 atom stereocenters. The van der Waals surface area contributed by atoms with Gasteiger partial charge >= 0.3 is 6.18 Å². The number of benzene rings is 1. The van der Waals surface area contributed by atoms with E-state index in [1.165, 1.54) is 0 Å². The van der Waals surface area contributed by atoms with E-state index in [4.69, 9.17) is 22.1 Å². The first-order valence-electron chi connectivity index (χ1n) is 7.39. The van der Waals surface area contributed by atoms with Crippen molar-refractivity contribution in [2.75, 3.05) is 0 Å². The smallest absolute Gasteiger partial charge is 0.416 e. The van der Waals surface area contributed by atoms with Gasteiger partial charge in [-0.3, -0.25) is 0 Å². The predicted octanol–water partition coefficient (Wildman–Crippen LogP) is 3.27. The van der Waals surface area contributed by atoms with Crippen molar-refractivity contribution in [3.05, 3.63) is 40.4 Å². The van der Waals surface area contributed by atoms with Crippen LogP contribution in [0.15, 0.2) is 18.2 Å². The van der Waals surface area contributed by atoms with Gasteiger partial charge in [-0.15, -0.1) is 10.2 Å². The lowest BCUT2D eigenvalue weighted by Gasteiger charge is -2.31. The maximum Gasteiger partial charge on any atom is 0.416 e. The molecule has 9 heteroatoms. The summed E-state index contributed by atoms with van der Waals surface area (Å²) in [6, 6.07) is 3.15. The Balaban J connectivity index is 1.72. The van der Waals surface area contributed by atoms with E-state index in [1.54, 1.807) is 11.6 Å². The Kier molecular flexibility index (Phi) is 4.44. The number of aromatic nitrogens is 3. The van der Waals surface area contributed by atoms with Gasteiger partial charge in [0.15, 0.2) is 5.82 Å². The second kappa shape index (κ2) is 6.25. The number of hydrogen-bond donors (Lipinski definition) is 1. The van der Waals surface area contributed by atoms with Crippen LogP contribution in [0.1, 0.15) is 36.0 Å². The Hall–Kier alpha value is -1.80. The highest BCUT2D eigenvalue weighted by molar-refractivity contribution is 6.32. The van der Waals surface area contributed by atoms with Gasteiger partial charge in [-0.05, 0) is 31.0 Å². The number of ether oxygens (including phenoxy) is 1. The van der Waals surface area contributed by atoms with Gasteiger partial charge in [0.25, 0.3) is 0 Å². The lowest BCUT2D eigenvalue weighted by molar-refractivity contribution is -0.137. The zero-order valence-electron chi connectivity index (χ0n) is 12.8. The first kappa shape index (κ1) is 17.0. The summed E-state index contributed by atoms with van der Waals surface area (Å²) in [5, 5.41) is 8.28. The van der Waals surface area contributed by atoms with Crippen LogP contribution >= 0.6 is 11.6 Å². The molecule has 0 radical (unpaired) electrons. The summed E-state index contributed by atoms with van der Waals surface area (Å²) in [5.74, 6) is 1.55. The van der Waals surface area contributed by atoms with Crippen molar-refractivity contribution in [1.82, 2.24) is 14.8 Å². The van der Waals surface area contributed by atoms with E-state index in [-0.39, 0.29) is 29.3 Å². The minimum atomic E-state index is -4.45. The van der Waals surface area contributed by atoms with E-state index in [0.29, 0.717) is 5.82 Å². The van der Waals surface area contributed by atoms with Crippen LogP contribution in [0.4, 0.5) is 13.2 Å². The molecule has 2 N–H and O–H groups in total. The number of nitrogens with two attached hydrogens (primary N) is 1. The lowest BCUT2D eigenvalue weighted by atomic mass is 9.80. The zero-order chi connectivity index (χ0) is 17.5. The molecule has 0 unspecified atom stereocenters. The van der Waals surface area contributed by atoms with Crippen LogP contribution < -0.4 is 10.5 Å². The molecule has 1 saturated carbocycles. The van der Waals surface area contributed by atoms with Crippen LogP contribution in [0.5, 0.6) is 5.75 Å². The molecule has 2 aromatic rings. The molecule has 3 rings (SSSR count). The number of hydrogen-bond acceptors (Lipinski definition) is 4. The van der Waals surface area contributed by atoms with E-state index in [2.05, 4.69) is 10.2 Å². The van der Waals surface area contributed by atoms with Crippen LogP contribution in [-0.4, -0.2) is 20.8 Å². The molecule has 0 amide bonds. The van der Waals surface area contributed by atoms with E-state index < -0.39 is 11.7 Å². The molecule has 1 aliphatic rings. The second-order valence-electron chi connectivity index (χ2n) is 5.89. The third kappa shape index (κ3) is 3.34. The first-order valence-corrected chi connectivity index (χ1v) is 7.76. The molecule has 0 bridgehead atoms. The minimum absolute atomic E-state index is 0.0245. The van der Waals surface area contributed by atoms with Crippen LogP contribution in [0.25, 0.3) is 0 Å². The Labute approximate surface area is 141 Å². The fraction of sp³-hybridized carbons (Fsp3) is 0.467. The summed E-state index contributed by atoms with van der Waals surface area (Å²) in [7, 11) is 1.80. The molecule has 1 aromatic heterocycles. The number of alkyl halides is 3. The van der Waals surface area contributed by atoms with Crippen molar-refractivity contribution < 1.29 is 17.9 Å². The van der Waals surface area contributed by atoms with Gasteiger partial charge in [0.05, 0.1) is 10.6 Å². The SMILES string of the molecule is Cn1c(COc2cc(C(F)(F)F)ccc2Cl)nnc1C1CC(N)C1. The monoisotopic (exact) mass is 360 g/mol. The van der Waals surface area contributed by atoms with Crippen molar-refractivity contribution in [2.24, 2.45) is 12.8 Å². The fourth-order valence-corrected chi connectivity index (χ4v) is 2.83. The highest BCUT2D eigenvalue weighted by Gasteiger charge is 2.32. The van der Waals surface area contributed by atoms with Gasteiger partial charge in [-0.2, -0.15) is 13.2 Å². The highest BCUT2D eigenvalue weighted by Crippen LogP contribution is 2.36. The van der Waals surface area contributed by atoms with Crippen molar-refractivity contribution in [1.29, 1.82) is 0 Å². The first-order chi connectivity index (χ1) is 11.3. The average molecular weight is 361 g/mol. The standard InChI is InChI=1S/C15H16ClF3N4O/c1-23-13(21-22-14(23)8-4-10(20)5-8)7-24-12-6-9(15(17,18)19)2-3-11(12)16/h2-3,6,8,10H,4-5,7,20H2,1H3. The molecule has 1 fully saturated rings. The molecule has 24 heavy (non-hydrogen) atoms. The number of nitrogens with zero attached hydrogens (tertiary/aromatic N) is 3. The summed E-state index contributed by atoms with van der Waals surface area (Å²) < 4.78 is 45.5. The molecular weight excluding hydrogens is 345 g/mol. The molecule has 5 nitrogen and oxygen atoms in total. The molecule has 0 spiro atoms. The van der Waals surface area contributed by atoms with Gasteiger partial charge in [0.2, 0.25) is 0 Å². The molecule has 130 valence electrons. The molecule has 1 aromatic carbocycles. The maximum absolute atomic E-state index is 12.8. The molecule has 0 saturated heterocycles. The predicted molar refractivity (Wildman–Crippen MR) is 81.7 cm³/mol. The molecular formula is C15H16ClF3N4O. The van der Waals surface area contributed by atoms with Crippen LogP contribution in [0, 0.1) is 0 Å². The van der Waals surface area contributed by atoms with Crippen molar-refractivity contribution in [3.63, 3.8) is 0 Å². The van der Waals surface area contributed by atoms with Crippen molar-refractivity contribution >= 4 is 11.6 Å². The second-order valence-corrected chi connectivity index (χ2v) is 6.30. The summed E-state index contributed by atoms with van der Waals surface area (Å²) in [5.41, 5.74) is 4.96. The number of halogens is 4. The van der Waals surface area contributed by atoms with Gasteiger partial charge in [0.1, 0.15) is 18.2 Å². The lowest BCUT2D eigenvalue weighted by Crippen LogP contribution is -2.36. The van der Waals surface area contributed by atoms with E-state index >= 15 is 0 Å². The normalized spacial score (nSPS) is 20.8. The van der Waals surface area contributed by atoms with Crippen molar-refractivity contribution in [3.8, 4) is 5.75 Å². The minimum Gasteiger partial charge on any atom is -0.484 e. The summed E-state index contributed by atoms with van der Waals surface area (Å²) >= 11 is 5.91. The summed E-state index contributed by atoms with van der Waals surface area (Å²) in [6.07, 6.45) is -2.75. The summed E-state index contributed by atoms with van der Waals surface area (Å²) in [6.45, 7) is -0.0245. The Morgan fingerprint density at radius 1 is 1.33 bits per heavy atom. The van der Waals surface area contributed by atoms with Gasteiger partial charge in [0, 0.05) is 19.0 Å². The number of rotatable bonds is 4. The molecule has 1 heterocycles. The van der Waals surface area contributed by atoms with E-state index in [9.17, 15) is 13.2 Å². The Morgan fingerprint density at radius 3 is 2.67 bits per heavy atom. The summed E-state index contributed by atoms with van der Waals surface area (Å²) in [4.78, 5) is 0. The molecule has 1 aliphatic carbocycles. The molecule has 0 aliphatic heterocycles. The van der Waals surface area contributed by atoms with Gasteiger partial charge in [-0.1, -0.05) is 11.6 Å². The van der Waals surface area contributed by atoms with Crippen LogP contribution in [0.2, 0.25) is 5.02 Å². The van der Waals surface area contributed by atoms with Crippen molar-refractivity contribution in [2.45, 2.75) is 37.6 Å². The third-order valence-corrected chi connectivity index (χ3v) is 4.47. The quantitative estimate of drug-likeness (QED) is 0.908. The topological polar surface area (TPSA) is 66.0 Å². The van der Waals surface area contributed by atoms with Crippen LogP contribution in [-0.2, 0) is 19.8 Å². The van der Waals surface area contributed by atoms with E-state index in [1.807, 2.05) is 0 Å². The van der Waals surface area contributed by atoms with E-state index in [0.717, 1.165) is 36.9 Å². The fourth-order valence-electron chi connectivity index (χ4n) is 2.66. The largest absolute Gasteiger partial charge is 0.484 e. The maximum atomic E-state index is 12.8. The third-order valence-electron chi connectivity index (χ3n) is 4.15. The van der Waals surface area contributed by atoms with Gasteiger partial charge in [-0.25, -0.2) is 0 Å². The Morgan fingerprint density at radius 2 is 2.04 bits per heavy atom.